The number of carbonyl (C=O) groups excluding carboxylic acids is 1. The molecule has 186 valence electrons. The van der Waals surface area contributed by atoms with Crippen LogP contribution in [0.25, 0.3) is 16.6 Å². The van der Waals surface area contributed by atoms with E-state index in [1.807, 2.05) is 49.6 Å². The van der Waals surface area contributed by atoms with E-state index in [-0.39, 0.29) is 12.5 Å². The molecule has 2 heterocycles. The number of aromatic nitrogens is 2. The SMILES string of the molecule is C=C(c1ccc2cnc(NC)nc2c1)N(C)/C=C/CC.O=CC1CCN(CCC(F)(F)F)CC1. The van der Waals surface area contributed by atoms with Crippen molar-refractivity contribution >= 4 is 28.8 Å². The van der Waals surface area contributed by atoms with E-state index in [9.17, 15) is 18.0 Å². The van der Waals surface area contributed by atoms with Crippen molar-refractivity contribution in [3.05, 3.63) is 48.8 Å². The highest BCUT2D eigenvalue weighted by Gasteiger charge is 2.28. The minimum absolute atomic E-state index is 0.0529. The van der Waals surface area contributed by atoms with Crippen molar-refractivity contribution in [3.8, 4) is 0 Å². The average Bonchev–Trinajstić information content (AvgIpc) is 2.85. The standard InChI is InChI=1S/C16H20N4.C9H14F3NO/c1-5-6-9-20(4)12(2)13-7-8-14-11-18-16(17-3)19-15(14)10-13;10-9(11,12)3-6-13-4-1-8(7-14)2-5-13/h6-11H,2,5H2,1,3-4H3,(H,17,18,19);7-8H,1-6H2/b9-6+;. The lowest BCUT2D eigenvalue weighted by Crippen LogP contribution is -2.36. The maximum absolute atomic E-state index is 11.9. The van der Waals surface area contributed by atoms with Gasteiger partial charge >= 0.3 is 6.18 Å². The summed E-state index contributed by atoms with van der Waals surface area (Å²) in [5.74, 6) is 0.677. The van der Waals surface area contributed by atoms with Crippen LogP contribution in [0.4, 0.5) is 19.1 Å². The zero-order chi connectivity index (χ0) is 25.1. The van der Waals surface area contributed by atoms with E-state index in [2.05, 4.69) is 34.9 Å². The minimum Gasteiger partial charge on any atom is -0.357 e. The van der Waals surface area contributed by atoms with Crippen LogP contribution in [-0.2, 0) is 4.79 Å². The number of fused-ring (bicyclic) bond motifs is 1. The van der Waals surface area contributed by atoms with E-state index >= 15 is 0 Å². The number of nitrogens with zero attached hydrogens (tertiary/aromatic N) is 4. The first-order valence-corrected chi connectivity index (χ1v) is 11.4. The first-order chi connectivity index (χ1) is 16.2. The van der Waals surface area contributed by atoms with Crippen molar-refractivity contribution in [2.75, 3.05) is 39.0 Å². The van der Waals surface area contributed by atoms with Gasteiger partial charge in [0.15, 0.2) is 0 Å². The molecule has 0 unspecified atom stereocenters. The predicted molar refractivity (Wildman–Crippen MR) is 131 cm³/mol. The number of carbonyl (C=O) groups is 1. The Labute approximate surface area is 199 Å². The zero-order valence-corrected chi connectivity index (χ0v) is 20.1. The molecule has 1 saturated heterocycles. The van der Waals surface area contributed by atoms with Gasteiger partial charge in [0, 0.05) is 43.8 Å². The second-order valence-corrected chi connectivity index (χ2v) is 8.25. The van der Waals surface area contributed by atoms with Crippen LogP contribution < -0.4 is 5.32 Å². The van der Waals surface area contributed by atoms with Crippen LogP contribution in [0.1, 0.15) is 38.2 Å². The number of halogens is 3. The molecule has 34 heavy (non-hydrogen) atoms. The Bertz CT molecular complexity index is 969. The van der Waals surface area contributed by atoms with Crippen molar-refractivity contribution < 1.29 is 18.0 Å². The summed E-state index contributed by atoms with van der Waals surface area (Å²) < 4.78 is 35.6. The molecule has 1 aliphatic rings. The third kappa shape index (κ3) is 8.78. The average molecular weight is 478 g/mol. The molecule has 9 heteroatoms. The second-order valence-electron chi connectivity index (χ2n) is 8.25. The molecule has 1 aromatic carbocycles. The maximum Gasteiger partial charge on any atom is 0.390 e. The lowest BCUT2D eigenvalue weighted by molar-refractivity contribution is -0.139. The van der Waals surface area contributed by atoms with E-state index in [1.165, 1.54) is 0 Å². The van der Waals surface area contributed by atoms with Crippen LogP contribution in [0.5, 0.6) is 0 Å². The lowest BCUT2D eigenvalue weighted by atomic mass is 9.98. The number of piperidine rings is 1. The predicted octanol–water partition coefficient (Wildman–Crippen LogP) is 5.35. The summed E-state index contributed by atoms with van der Waals surface area (Å²) in [7, 11) is 3.81. The molecule has 0 spiro atoms. The van der Waals surface area contributed by atoms with Gasteiger partial charge < -0.3 is 19.9 Å². The number of benzene rings is 1. The van der Waals surface area contributed by atoms with Crippen molar-refractivity contribution in [2.45, 2.75) is 38.8 Å². The molecule has 0 atom stereocenters. The summed E-state index contributed by atoms with van der Waals surface area (Å²) >= 11 is 0. The van der Waals surface area contributed by atoms with Gasteiger partial charge in [-0.05, 0) is 50.2 Å². The summed E-state index contributed by atoms with van der Waals surface area (Å²) in [4.78, 5) is 22.8. The van der Waals surface area contributed by atoms with E-state index in [1.54, 1.807) is 4.90 Å². The molecule has 0 bridgehead atoms. The summed E-state index contributed by atoms with van der Waals surface area (Å²) in [6, 6.07) is 6.10. The fourth-order valence-corrected chi connectivity index (χ4v) is 3.48. The van der Waals surface area contributed by atoms with Gasteiger partial charge in [-0.1, -0.05) is 31.7 Å². The summed E-state index contributed by atoms with van der Waals surface area (Å²) in [6.07, 6.45) is 4.44. The number of allylic oxidation sites excluding steroid dienone is 1. The van der Waals surface area contributed by atoms with E-state index in [0.717, 1.165) is 34.9 Å². The van der Waals surface area contributed by atoms with Gasteiger partial charge in [0.1, 0.15) is 6.29 Å². The van der Waals surface area contributed by atoms with Crippen LogP contribution in [0.2, 0.25) is 0 Å². The molecular formula is C25H34F3N5O. The third-order valence-electron chi connectivity index (χ3n) is 5.67. The highest BCUT2D eigenvalue weighted by atomic mass is 19.4. The molecule has 1 aromatic heterocycles. The highest BCUT2D eigenvalue weighted by molar-refractivity contribution is 5.82. The van der Waals surface area contributed by atoms with E-state index in [4.69, 9.17) is 0 Å². The highest BCUT2D eigenvalue weighted by Crippen LogP contribution is 2.23. The number of hydrogen-bond donors (Lipinski definition) is 1. The molecule has 1 fully saturated rings. The number of aldehydes is 1. The lowest BCUT2D eigenvalue weighted by Gasteiger charge is -2.29. The summed E-state index contributed by atoms with van der Waals surface area (Å²) in [6.45, 7) is 7.54. The van der Waals surface area contributed by atoms with Crippen LogP contribution in [0, 0.1) is 5.92 Å². The molecule has 2 aromatic rings. The van der Waals surface area contributed by atoms with E-state index in [0.29, 0.717) is 31.9 Å². The van der Waals surface area contributed by atoms with Crippen molar-refractivity contribution in [3.63, 3.8) is 0 Å². The van der Waals surface area contributed by atoms with Crippen LogP contribution in [-0.4, -0.2) is 66.0 Å². The molecule has 6 nitrogen and oxygen atoms in total. The Hall–Kier alpha value is -2.94. The molecule has 0 saturated carbocycles. The summed E-state index contributed by atoms with van der Waals surface area (Å²) in [5, 5.41) is 3.97. The fraction of sp³-hybridized carbons (Fsp3) is 0.480. The molecule has 3 rings (SSSR count). The third-order valence-corrected chi connectivity index (χ3v) is 5.67. The molecule has 0 aliphatic carbocycles. The normalized spacial score (nSPS) is 15.1. The zero-order valence-electron chi connectivity index (χ0n) is 20.1. The van der Waals surface area contributed by atoms with Gasteiger partial charge in [-0.15, -0.1) is 0 Å². The van der Waals surface area contributed by atoms with Crippen LogP contribution in [0.15, 0.2) is 43.3 Å². The van der Waals surface area contributed by atoms with Gasteiger partial charge in [0.2, 0.25) is 5.95 Å². The van der Waals surface area contributed by atoms with Gasteiger partial charge in [-0.25, -0.2) is 9.97 Å². The Morgan fingerprint density at radius 2 is 2.03 bits per heavy atom. The number of hydrogen-bond acceptors (Lipinski definition) is 6. The topological polar surface area (TPSA) is 61.4 Å². The first kappa shape index (κ1) is 27.3. The molecule has 0 radical (unpaired) electrons. The number of nitrogens with one attached hydrogen (secondary N) is 1. The monoisotopic (exact) mass is 477 g/mol. The number of alkyl halides is 3. The van der Waals surface area contributed by atoms with Gasteiger partial charge in [-0.3, -0.25) is 0 Å². The van der Waals surface area contributed by atoms with E-state index < -0.39 is 12.6 Å². The van der Waals surface area contributed by atoms with Crippen molar-refractivity contribution in [2.24, 2.45) is 5.92 Å². The summed E-state index contributed by atoms with van der Waals surface area (Å²) in [5.41, 5.74) is 2.92. The number of anilines is 1. The van der Waals surface area contributed by atoms with Crippen molar-refractivity contribution in [1.82, 2.24) is 19.8 Å². The fourth-order valence-electron chi connectivity index (χ4n) is 3.48. The Kier molecular flexibility index (Phi) is 10.5. The van der Waals surface area contributed by atoms with Crippen LogP contribution in [0.3, 0.4) is 0 Å². The first-order valence-electron chi connectivity index (χ1n) is 11.4. The molecule has 1 N–H and O–H groups in total. The molecule has 1 aliphatic heterocycles. The smallest absolute Gasteiger partial charge is 0.357 e. The Morgan fingerprint density at radius 3 is 2.62 bits per heavy atom. The quantitative estimate of drug-likeness (QED) is 0.518. The second kappa shape index (κ2) is 13.1. The van der Waals surface area contributed by atoms with Crippen LogP contribution >= 0.6 is 0 Å². The molecular weight excluding hydrogens is 443 g/mol. The molecule has 0 amide bonds. The number of likely N-dealkylation sites (tertiary alicyclic amines) is 1. The number of rotatable bonds is 8. The van der Waals surface area contributed by atoms with Crippen molar-refractivity contribution in [1.29, 1.82) is 0 Å². The van der Waals surface area contributed by atoms with Gasteiger partial charge in [0.25, 0.3) is 0 Å². The maximum atomic E-state index is 11.9. The minimum atomic E-state index is -4.07. The largest absolute Gasteiger partial charge is 0.390 e. The van der Waals surface area contributed by atoms with Gasteiger partial charge in [0.05, 0.1) is 11.9 Å². The van der Waals surface area contributed by atoms with Gasteiger partial charge in [-0.2, -0.15) is 13.2 Å². The Balaban J connectivity index is 0.000000257. The Morgan fingerprint density at radius 1 is 1.32 bits per heavy atom.